The van der Waals surface area contributed by atoms with Crippen molar-refractivity contribution >= 4 is 11.3 Å². The lowest BCUT2D eigenvalue weighted by Gasteiger charge is -2.11. The van der Waals surface area contributed by atoms with Gasteiger partial charge in [0, 0.05) is 6.04 Å². The fraction of sp³-hybridized carbons (Fsp3) is 0.364. The van der Waals surface area contributed by atoms with E-state index in [1.54, 1.807) is 17.5 Å². The molecule has 1 saturated carbocycles. The van der Waals surface area contributed by atoms with Crippen molar-refractivity contribution in [1.82, 2.24) is 9.55 Å². The Morgan fingerprint density at radius 1 is 1.53 bits per heavy atom. The predicted molar refractivity (Wildman–Crippen MR) is 58.9 cm³/mol. The Bertz CT molecular complexity index is 445. The summed E-state index contributed by atoms with van der Waals surface area (Å²) in [5, 5.41) is 14.1. The zero-order valence-electron chi connectivity index (χ0n) is 8.21. The van der Waals surface area contributed by atoms with Crippen molar-refractivity contribution in [3.8, 4) is 0 Å². The van der Waals surface area contributed by atoms with Crippen LogP contribution in [0.15, 0.2) is 29.4 Å². The van der Waals surface area contributed by atoms with Gasteiger partial charge in [-0.15, -0.1) is 0 Å². The van der Waals surface area contributed by atoms with Crippen molar-refractivity contribution in [2.75, 3.05) is 0 Å². The number of aliphatic hydroxyl groups is 1. The van der Waals surface area contributed by atoms with Crippen molar-refractivity contribution in [3.05, 3.63) is 40.6 Å². The lowest BCUT2D eigenvalue weighted by molar-refractivity contribution is 0.210. The summed E-state index contributed by atoms with van der Waals surface area (Å²) in [5.74, 6) is 0. The Balaban J connectivity index is 1.94. The number of imidazole rings is 1. The normalized spacial score (nSPS) is 17.9. The van der Waals surface area contributed by atoms with Crippen LogP contribution in [0, 0.1) is 0 Å². The van der Waals surface area contributed by atoms with Crippen molar-refractivity contribution in [2.24, 2.45) is 0 Å². The fourth-order valence-corrected chi connectivity index (χ4v) is 2.46. The summed E-state index contributed by atoms with van der Waals surface area (Å²) < 4.78 is 2.10. The van der Waals surface area contributed by atoms with Gasteiger partial charge in [0.25, 0.3) is 0 Å². The van der Waals surface area contributed by atoms with Gasteiger partial charge < -0.3 is 9.67 Å². The molecule has 0 aromatic carbocycles. The Hall–Kier alpha value is -1.13. The first-order valence-corrected chi connectivity index (χ1v) is 6.02. The SMILES string of the molecule is OC(c1ccsc1)c1cncn1C1CC1. The molecule has 0 spiro atoms. The van der Waals surface area contributed by atoms with Gasteiger partial charge in [0.2, 0.25) is 0 Å². The smallest absolute Gasteiger partial charge is 0.121 e. The second-order valence-electron chi connectivity index (χ2n) is 3.92. The minimum atomic E-state index is -0.528. The van der Waals surface area contributed by atoms with Crippen LogP contribution in [0.5, 0.6) is 0 Å². The molecular weight excluding hydrogens is 208 g/mol. The van der Waals surface area contributed by atoms with Crippen LogP contribution in [0.4, 0.5) is 0 Å². The molecule has 3 rings (SSSR count). The minimum absolute atomic E-state index is 0.528. The Labute approximate surface area is 92.0 Å². The lowest BCUT2D eigenvalue weighted by Crippen LogP contribution is -2.06. The molecule has 0 saturated heterocycles. The van der Waals surface area contributed by atoms with Crippen LogP contribution in [0.3, 0.4) is 0 Å². The first-order chi connectivity index (χ1) is 7.36. The maximum Gasteiger partial charge on any atom is 0.121 e. The molecule has 0 bridgehead atoms. The van der Waals surface area contributed by atoms with Gasteiger partial charge in [0.05, 0.1) is 18.2 Å². The highest BCUT2D eigenvalue weighted by molar-refractivity contribution is 7.07. The van der Waals surface area contributed by atoms with Gasteiger partial charge in [0.15, 0.2) is 0 Å². The fourth-order valence-electron chi connectivity index (χ4n) is 1.79. The standard InChI is InChI=1S/C11H12N2OS/c14-11(8-3-4-15-6-8)10-5-12-7-13(10)9-1-2-9/h3-7,9,11,14H,1-2H2. The molecule has 1 fully saturated rings. The van der Waals surface area contributed by atoms with Gasteiger partial charge in [-0.25, -0.2) is 4.98 Å². The van der Waals surface area contributed by atoms with Gasteiger partial charge in [-0.2, -0.15) is 11.3 Å². The molecule has 4 heteroatoms. The van der Waals surface area contributed by atoms with Crippen LogP contribution < -0.4 is 0 Å². The first kappa shape index (κ1) is 9.12. The molecule has 15 heavy (non-hydrogen) atoms. The van der Waals surface area contributed by atoms with E-state index < -0.39 is 6.10 Å². The Kier molecular flexibility index (Phi) is 2.11. The molecule has 2 aromatic heterocycles. The number of hydrogen-bond acceptors (Lipinski definition) is 3. The zero-order valence-corrected chi connectivity index (χ0v) is 9.02. The van der Waals surface area contributed by atoms with Crippen LogP contribution in [-0.2, 0) is 0 Å². The van der Waals surface area contributed by atoms with Crippen molar-refractivity contribution in [2.45, 2.75) is 25.0 Å². The summed E-state index contributed by atoms with van der Waals surface area (Å²) in [7, 11) is 0. The molecule has 0 amide bonds. The Morgan fingerprint density at radius 3 is 3.07 bits per heavy atom. The Morgan fingerprint density at radius 2 is 2.40 bits per heavy atom. The number of aromatic nitrogens is 2. The number of nitrogens with zero attached hydrogens (tertiary/aromatic N) is 2. The first-order valence-electron chi connectivity index (χ1n) is 5.08. The quantitative estimate of drug-likeness (QED) is 0.862. The van der Waals surface area contributed by atoms with Crippen LogP contribution >= 0.6 is 11.3 Å². The summed E-state index contributed by atoms with van der Waals surface area (Å²) in [4.78, 5) is 4.12. The van der Waals surface area contributed by atoms with Crippen LogP contribution in [0.2, 0.25) is 0 Å². The second-order valence-corrected chi connectivity index (χ2v) is 4.70. The largest absolute Gasteiger partial charge is 0.382 e. The van der Waals surface area contributed by atoms with Gasteiger partial charge in [-0.3, -0.25) is 0 Å². The maximum atomic E-state index is 10.2. The molecule has 1 unspecified atom stereocenters. The van der Waals surface area contributed by atoms with Crippen molar-refractivity contribution in [1.29, 1.82) is 0 Å². The summed E-state index contributed by atoms with van der Waals surface area (Å²) in [6, 6.07) is 2.52. The van der Waals surface area contributed by atoms with E-state index in [1.165, 1.54) is 12.8 Å². The number of thiophene rings is 1. The molecule has 1 aliphatic rings. The average molecular weight is 220 g/mol. The van der Waals surface area contributed by atoms with Crippen molar-refractivity contribution in [3.63, 3.8) is 0 Å². The molecule has 2 aromatic rings. The summed E-state index contributed by atoms with van der Waals surface area (Å²) >= 11 is 1.61. The minimum Gasteiger partial charge on any atom is -0.382 e. The number of hydrogen-bond donors (Lipinski definition) is 1. The van der Waals surface area contributed by atoms with E-state index in [-0.39, 0.29) is 0 Å². The van der Waals surface area contributed by atoms with Gasteiger partial charge >= 0.3 is 0 Å². The third-order valence-electron chi connectivity index (χ3n) is 2.78. The highest BCUT2D eigenvalue weighted by atomic mass is 32.1. The van der Waals surface area contributed by atoms with Crippen LogP contribution in [-0.4, -0.2) is 14.7 Å². The highest BCUT2D eigenvalue weighted by Gasteiger charge is 2.27. The van der Waals surface area contributed by atoms with E-state index >= 15 is 0 Å². The van der Waals surface area contributed by atoms with Crippen LogP contribution in [0.1, 0.15) is 36.2 Å². The zero-order chi connectivity index (χ0) is 10.3. The topological polar surface area (TPSA) is 38.1 Å². The van der Waals surface area contributed by atoms with E-state index in [4.69, 9.17) is 0 Å². The molecule has 0 radical (unpaired) electrons. The monoisotopic (exact) mass is 220 g/mol. The molecule has 78 valence electrons. The molecule has 3 nitrogen and oxygen atoms in total. The third kappa shape index (κ3) is 1.60. The van der Waals surface area contributed by atoms with E-state index in [9.17, 15) is 5.11 Å². The number of aliphatic hydroxyl groups excluding tert-OH is 1. The summed E-state index contributed by atoms with van der Waals surface area (Å²) in [5.41, 5.74) is 1.87. The molecule has 1 N–H and O–H groups in total. The van der Waals surface area contributed by atoms with Crippen LogP contribution in [0.25, 0.3) is 0 Å². The van der Waals surface area contributed by atoms with Gasteiger partial charge in [-0.05, 0) is 35.2 Å². The van der Waals surface area contributed by atoms with E-state index in [0.717, 1.165) is 11.3 Å². The van der Waals surface area contributed by atoms with E-state index in [2.05, 4.69) is 9.55 Å². The van der Waals surface area contributed by atoms with Gasteiger partial charge in [-0.1, -0.05) is 0 Å². The molecule has 1 atom stereocenters. The molecule has 1 aliphatic carbocycles. The maximum absolute atomic E-state index is 10.2. The second kappa shape index (κ2) is 3.47. The predicted octanol–water partition coefficient (Wildman–Crippen LogP) is 2.36. The molecule has 2 heterocycles. The van der Waals surface area contributed by atoms with E-state index in [1.807, 2.05) is 23.2 Å². The molecular formula is C11H12N2OS. The van der Waals surface area contributed by atoms with Crippen molar-refractivity contribution < 1.29 is 5.11 Å². The third-order valence-corrected chi connectivity index (χ3v) is 3.48. The lowest BCUT2D eigenvalue weighted by atomic mass is 10.1. The average Bonchev–Trinajstić information content (AvgIpc) is 2.82. The van der Waals surface area contributed by atoms with E-state index in [0.29, 0.717) is 6.04 Å². The van der Waals surface area contributed by atoms with Gasteiger partial charge in [0.1, 0.15) is 6.10 Å². The molecule has 0 aliphatic heterocycles. The highest BCUT2D eigenvalue weighted by Crippen LogP contribution is 2.37. The summed E-state index contributed by atoms with van der Waals surface area (Å²) in [6.45, 7) is 0. The summed E-state index contributed by atoms with van der Waals surface area (Å²) in [6.07, 6.45) is 5.47. The number of rotatable bonds is 3.